The fraction of sp³-hybridized carbons (Fsp3) is 0.250. The van der Waals surface area contributed by atoms with Crippen LogP contribution in [0.15, 0.2) is 43.0 Å². The van der Waals surface area contributed by atoms with Crippen LogP contribution in [0.2, 0.25) is 0 Å². The van der Waals surface area contributed by atoms with Gasteiger partial charge in [0.25, 0.3) is 0 Å². The summed E-state index contributed by atoms with van der Waals surface area (Å²) in [5.41, 5.74) is 3.36. The zero-order chi connectivity index (χ0) is 11.1. The van der Waals surface area contributed by atoms with Gasteiger partial charge < -0.3 is 0 Å². The first-order chi connectivity index (χ1) is 7.24. The maximum absolute atomic E-state index is 10.7. The van der Waals surface area contributed by atoms with Crippen molar-refractivity contribution >= 4 is 5.91 Å². The van der Waals surface area contributed by atoms with Crippen LogP contribution < -0.4 is 5.48 Å². The van der Waals surface area contributed by atoms with Crippen molar-refractivity contribution in [3.63, 3.8) is 0 Å². The molecule has 0 spiro atoms. The summed E-state index contributed by atoms with van der Waals surface area (Å²) in [5.74, 6) is -0.208. The smallest absolute Gasteiger partial charge is 0.240 e. The summed E-state index contributed by atoms with van der Waals surface area (Å²) < 4.78 is 0. The van der Waals surface area contributed by atoms with Gasteiger partial charge in [-0.1, -0.05) is 36.4 Å². The average Bonchev–Trinajstić information content (AvgIpc) is 2.25. The second-order valence-corrected chi connectivity index (χ2v) is 3.20. The van der Waals surface area contributed by atoms with Crippen molar-refractivity contribution in [2.75, 3.05) is 0 Å². The molecule has 3 heteroatoms. The van der Waals surface area contributed by atoms with Crippen LogP contribution in [0.1, 0.15) is 25.0 Å². The van der Waals surface area contributed by atoms with E-state index in [1.807, 2.05) is 30.3 Å². The molecule has 80 valence electrons. The van der Waals surface area contributed by atoms with Crippen LogP contribution in [0.5, 0.6) is 0 Å². The van der Waals surface area contributed by atoms with E-state index in [0.29, 0.717) is 6.42 Å². The number of hydroxylamine groups is 1. The Hall–Kier alpha value is -1.61. The van der Waals surface area contributed by atoms with E-state index in [-0.39, 0.29) is 12.0 Å². The highest BCUT2D eigenvalue weighted by molar-refractivity contribution is 5.71. The Morgan fingerprint density at radius 1 is 1.53 bits per heavy atom. The lowest BCUT2D eigenvalue weighted by atomic mass is 10.1. The van der Waals surface area contributed by atoms with Crippen LogP contribution >= 0.6 is 0 Å². The summed E-state index contributed by atoms with van der Waals surface area (Å²) in [4.78, 5) is 16.0. The highest BCUT2D eigenvalue weighted by Crippen LogP contribution is 2.19. The summed E-state index contributed by atoms with van der Waals surface area (Å²) in [6.45, 7) is 5.07. The molecule has 0 aliphatic rings. The Morgan fingerprint density at radius 3 is 2.73 bits per heavy atom. The van der Waals surface area contributed by atoms with Crippen LogP contribution in [0.25, 0.3) is 0 Å². The Morgan fingerprint density at radius 2 is 2.20 bits per heavy atom. The van der Waals surface area contributed by atoms with E-state index in [2.05, 4.69) is 12.1 Å². The summed E-state index contributed by atoms with van der Waals surface area (Å²) in [5, 5.41) is 0. The number of hydrogen-bond donors (Lipinski definition) is 1. The fourth-order valence-corrected chi connectivity index (χ4v) is 1.23. The SMILES string of the molecule is C=CCC(ONC(C)=O)c1ccccc1. The Labute approximate surface area is 89.7 Å². The standard InChI is InChI=1S/C12H15NO2/c1-3-7-12(15-13-10(2)14)11-8-5-4-6-9-11/h3-6,8-9,12H,1,7H2,2H3,(H,13,14). The molecule has 0 bridgehead atoms. The normalized spacial score (nSPS) is 11.8. The summed E-state index contributed by atoms with van der Waals surface area (Å²) in [7, 11) is 0. The molecule has 0 heterocycles. The molecule has 1 rings (SSSR count). The van der Waals surface area contributed by atoms with Crippen LogP contribution in [0, 0.1) is 0 Å². The van der Waals surface area contributed by atoms with Crippen molar-refractivity contribution in [3.05, 3.63) is 48.6 Å². The first kappa shape index (κ1) is 11.5. The molecular weight excluding hydrogens is 190 g/mol. The van der Waals surface area contributed by atoms with E-state index in [4.69, 9.17) is 4.84 Å². The van der Waals surface area contributed by atoms with Gasteiger partial charge in [-0.15, -0.1) is 6.58 Å². The van der Waals surface area contributed by atoms with Crippen molar-refractivity contribution in [2.45, 2.75) is 19.4 Å². The van der Waals surface area contributed by atoms with Crippen molar-refractivity contribution in [2.24, 2.45) is 0 Å². The predicted octanol–water partition coefficient (Wildman–Crippen LogP) is 2.37. The number of nitrogens with one attached hydrogen (secondary N) is 1. The van der Waals surface area contributed by atoms with E-state index in [1.54, 1.807) is 6.08 Å². The highest BCUT2D eigenvalue weighted by Gasteiger charge is 2.10. The Kier molecular flexibility index (Phi) is 4.57. The molecular formula is C12H15NO2. The van der Waals surface area contributed by atoms with Gasteiger partial charge in [0.2, 0.25) is 5.91 Å². The monoisotopic (exact) mass is 205 g/mol. The molecule has 0 aliphatic heterocycles. The minimum atomic E-state index is -0.208. The predicted molar refractivity (Wildman–Crippen MR) is 58.9 cm³/mol. The summed E-state index contributed by atoms with van der Waals surface area (Å²) >= 11 is 0. The third kappa shape index (κ3) is 3.95. The first-order valence-electron chi connectivity index (χ1n) is 4.82. The Balaban J connectivity index is 2.65. The van der Waals surface area contributed by atoms with Crippen LogP contribution in [0.4, 0.5) is 0 Å². The molecule has 0 saturated heterocycles. The van der Waals surface area contributed by atoms with Crippen molar-refractivity contribution in [1.29, 1.82) is 0 Å². The summed E-state index contributed by atoms with van der Waals surface area (Å²) in [6.07, 6.45) is 2.25. The quantitative estimate of drug-likeness (QED) is 0.592. The molecule has 0 fully saturated rings. The van der Waals surface area contributed by atoms with Crippen molar-refractivity contribution in [1.82, 2.24) is 5.48 Å². The zero-order valence-corrected chi connectivity index (χ0v) is 8.77. The van der Waals surface area contributed by atoms with Gasteiger partial charge in [-0.2, -0.15) is 0 Å². The van der Waals surface area contributed by atoms with Gasteiger partial charge >= 0.3 is 0 Å². The molecule has 3 nitrogen and oxygen atoms in total. The molecule has 0 radical (unpaired) electrons. The molecule has 0 saturated carbocycles. The Bertz CT molecular complexity index is 322. The van der Waals surface area contributed by atoms with Crippen LogP contribution in [0.3, 0.4) is 0 Å². The van der Waals surface area contributed by atoms with Crippen LogP contribution in [-0.2, 0) is 9.63 Å². The fourth-order valence-electron chi connectivity index (χ4n) is 1.23. The van der Waals surface area contributed by atoms with Gasteiger partial charge in [0.05, 0.1) is 0 Å². The number of carbonyl (C=O) groups is 1. The minimum Gasteiger partial charge on any atom is -0.273 e. The third-order valence-corrected chi connectivity index (χ3v) is 1.90. The molecule has 1 amide bonds. The molecule has 15 heavy (non-hydrogen) atoms. The van der Waals surface area contributed by atoms with Crippen molar-refractivity contribution in [3.8, 4) is 0 Å². The number of benzene rings is 1. The number of carbonyl (C=O) groups excluding carboxylic acids is 1. The van der Waals surface area contributed by atoms with E-state index < -0.39 is 0 Å². The lowest BCUT2D eigenvalue weighted by Crippen LogP contribution is -2.23. The van der Waals surface area contributed by atoms with E-state index in [9.17, 15) is 4.79 Å². The van der Waals surface area contributed by atoms with Gasteiger partial charge in [0, 0.05) is 6.92 Å². The van der Waals surface area contributed by atoms with Gasteiger partial charge in [0.15, 0.2) is 0 Å². The molecule has 0 aliphatic carbocycles. The largest absolute Gasteiger partial charge is 0.273 e. The molecule has 0 aromatic heterocycles. The van der Waals surface area contributed by atoms with Gasteiger partial charge in [-0.3, -0.25) is 9.63 Å². The third-order valence-electron chi connectivity index (χ3n) is 1.90. The second-order valence-electron chi connectivity index (χ2n) is 3.20. The molecule has 1 atom stereocenters. The highest BCUT2D eigenvalue weighted by atomic mass is 16.7. The number of hydrogen-bond acceptors (Lipinski definition) is 2. The maximum atomic E-state index is 10.7. The van der Waals surface area contributed by atoms with E-state index in [1.165, 1.54) is 6.92 Å². The minimum absolute atomic E-state index is 0.174. The van der Waals surface area contributed by atoms with E-state index >= 15 is 0 Å². The lowest BCUT2D eigenvalue weighted by molar-refractivity contribution is -0.136. The summed E-state index contributed by atoms with van der Waals surface area (Å²) in [6, 6.07) is 9.71. The second kappa shape index (κ2) is 5.98. The molecule has 1 unspecified atom stereocenters. The molecule has 1 N–H and O–H groups in total. The number of amides is 1. The average molecular weight is 205 g/mol. The van der Waals surface area contributed by atoms with E-state index in [0.717, 1.165) is 5.56 Å². The van der Waals surface area contributed by atoms with Gasteiger partial charge in [-0.05, 0) is 12.0 Å². The molecule has 1 aromatic carbocycles. The first-order valence-corrected chi connectivity index (χ1v) is 4.82. The topological polar surface area (TPSA) is 38.3 Å². The lowest BCUT2D eigenvalue weighted by Gasteiger charge is -2.15. The van der Waals surface area contributed by atoms with Gasteiger partial charge in [0.1, 0.15) is 6.10 Å². The van der Waals surface area contributed by atoms with Crippen molar-refractivity contribution < 1.29 is 9.63 Å². The maximum Gasteiger partial charge on any atom is 0.240 e. The number of rotatable bonds is 5. The zero-order valence-electron chi connectivity index (χ0n) is 8.77. The van der Waals surface area contributed by atoms with Crippen LogP contribution in [-0.4, -0.2) is 5.91 Å². The van der Waals surface area contributed by atoms with Gasteiger partial charge in [-0.25, -0.2) is 5.48 Å². The molecule has 1 aromatic rings.